The van der Waals surface area contributed by atoms with E-state index in [0.717, 1.165) is 24.5 Å². The van der Waals surface area contributed by atoms with Gasteiger partial charge in [-0.3, -0.25) is 0 Å². The quantitative estimate of drug-likeness (QED) is 0.876. The molecule has 20 heavy (non-hydrogen) atoms. The van der Waals surface area contributed by atoms with Crippen LogP contribution in [0.4, 0.5) is 5.69 Å². The topological polar surface area (TPSA) is 32.5 Å². The molecule has 1 atom stereocenters. The van der Waals surface area contributed by atoms with E-state index in [4.69, 9.17) is 17.3 Å². The van der Waals surface area contributed by atoms with Crippen molar-refractivity contribution in [3.05, 3.63) is 28.8 Å². The Kier molecular flexibility index (Phi) is 5.70. The Bertz CT molecular complexity index is 428. The molecule has 1 aromatic rings. The molecule has 3 nitrogen and oxygen atoms in total. The van der Waals surface area contributed by atoms with E-state index in [1.165, 1.54) is 37.2 Å². The fraction of sp³-hybridized carbons (Fsp3) is 0.625. The Hall–Kier alpha value is -0.770. The van der Waals surface area contributed by atoms with E-state index in [1.54, 1.807) is 0 Å². The molecule has 1 heterocycles. The molecule has 0 bridgehead atoms. The number of hydrogen-bond donors (Lipinski definition) is 1. The summed E-state index contributed by atoms with van der Waals surface area (Å²) in [5, 5.41) is 0.789. The molecule has 1 aromatic carbocycles. The highest BCUT2D eigenvalue weighted by Gasteiger charge is 2.14. The van der Waals surface area contributed by atoms with Crippen molar-refractivity contribution in [3.63, 3.8) is 0 Å². The van der Waals surface area contributed by atoms with Gasteiger partial charge in [-0.25, -0.2) is 0 Å². The molecule has 2 N–H and O–H groups in total. The average Bonchev–Trinajstić information content (AvgIpc) is 2.88. The molecule has 0 amide bonds. The maximum absolute atomic E-state index is 6.12. The van der Waals surface area contributed by atoms with Crippen molar-refractivity contribution in [3.8, 4) is 0 Å². The summed E-state index contributed by atoms with van der Waals surface area (Å²) < 4.78 is 0. The van der Waals surface area contributed by atoms with Crippen LogP contribution in [0.2, 0.25) is 5.02 Å². The summed E-state index contributed by atoms with van der Waals surface area (Å²) in [7, 11) is 2.16. The second kappa shape index (κ2) is 7.30. The third-order valence-corrected chi connectivity index (χ3v) is 4.18. The number of likely N-dealkylation sites (tertiary alicyclic amines) is 1. The van der Waals surface area contributed by atoms with E-state index < -0.39 is 0 Å². The van der Waals surface area contributed by atoms with Crippen LogP contribution in [-0.2, 0) is 6.42 Å². The third-order valence-electron chi connectivity index (χ3n) is 3.94. The van der Waals surface area contributed by atoms with Gasteiger partial charge in [0.25, 0.3) is 0 Å². The van der Waals surface area contributed by atoms with Crippen LogP contribution < -0.4 is 10.6 Å². The van der Waals surface area contributed by atoms with E-state index in [-0.39, 0.29) is 6.04 Å². The van der Waals surface area contributed by atoms with Crippen molar-refractivity contribution in [2.45, 2.75) is 32.2 Å². The molecule has 1 aliphatic rings. The van der Waals surface area contributed by atoms with Gasteiger partial charge in [0, 0.05) is 36.9 Å². The van der Waals surface area contributed by atoms with Crippen LogP contribution in [0.25, 0.3) is 0 Å². The average molecular weight is 296 g/mol. The minimum absolute atomic E-state index is 0.152. The predicted octanol–water partition coefficient (Wildman–Crippen LogP) is 2.76. The fourth-order valence-electron chi connectivity index (χ4n) is 2.85. The summed E-state index contributed by atoms with van der Waals surface area (Å²) in [5.41, 5.74) is 8.45. The molecule has 0 spiro atoms. The lowest BCUT2D eigenvalue weighted by Gasteiger charge is -2.26. The Morgan fingerprint density at radius 3 is 2.70 bits per heavy atom. The predicted molar refractivity (Wildman–Crippen MR) is 87.7 cm³/mol. The van der Waals surface area contributed by atoms with Crippen molar-refractivity contribution in [1.82, 2.24) is 4.90 Å². The molecule has 1 unspecified atom stereocenters. The maximum Gasteiger partial charge on any atom is 0.0410 e. The van der Waals surface area contributed by atoms with E-state index in [2.05, 4.69) is 22.9 Å². The zero-order valence-electron chi connectivity index (χ0n) is 12.6. The first kappa shape index (κ1) is 15.6. The standard InChI is InChI=1S/C16H26ClN3/c1-13(18)11-14-12-15(17)5-6-16(14)19(2)9-10-20-7-3-4-8-20/h5-6,12-13H,3-4,7-11,18H2,1-2H3. The molecular weight excluding hydrogens is 270 g/mol. The summed E-state index contributed by atoms with van der Waals surface area (Å²) >= 11 is 6.12. The zero-order chi connectivity index (χ0) is 14.5. The molecule has 1 aliphatic heterocycles. The lowest BCUT2D eigenvalue weighted by molar-refractivity contribution is 0.346. The first-order chi connectivity index (χ1) is 9.56. The van der Waals surface area contributed by atoms with E-state index in [9.17, 15) is 0 Å². The molecule has 0 aromatic heterocycles. The normalized spacial score (nSPS) is 17.4. The number of anilines is 1. The van der Waals surface area contributed by atoms with Gasteiger partial charge in [0.05, 0.1) is 0 Å². The minimum atomic E-state index is 0.152. The number of hydrogen-bond acceptors (Lipinski definition) is 3. The lowest BCUT2D eigenvalue weighted by Crippen LogP contribution is -2.32. The second-order valence-corrected chi connectivity index (χ2v) is 6.36. The van der Waals surface area contributed by atoms with Crippen LogP contribution in [0.3, 0.4) is 0 Å². The molecule has 0 saturated carbocycles. The first-order valence-electron chi connectivity index (χ1n) is 7.54. The maximum atomic E-state index is 6.12. The van der Waals surface area contributed by atoms with Gasteiger partial charge in [0.15, 0.2) is 0 Å². The summed E-state index contributed by atoms with van der Waals surface area (Å²) in [4.78, 5) is 4.87. The number of rotatable bonds is 6. The number of nitrogens with two attached hydrogens (primary N) is 1. The summed E-state index contributed by atoms with van der Waals surface area (Å²) in [6.07, 6.45) is 3.56. The number of benzene rings is 1. The summed E-state index contributed by atoms with van der Waals surface area (Å²) in [5.74, 6) is 0. The van der Waals surface area contributed by atoms with Gasteiger partial charge >= 0.3 is 0 Å². The second-order valence-electron chi connectivity index (χ2n) is 5.92. The van der Waals surface area contributed by atoms with Gasteiger partial charge < -0.3 is 15.5 Å². The number of likely N-dealkylation sites (N-methyl/N-ethyl adjacent to an activating group) is 1. The van der Waals surface area contributed by atoms with Crippen LogP contribution in [0.15, 0.2) is 18.2 Å². The molecule has 0 aliphatic carbocycles. The van der Waals surface area contributed by atoms with E-state index >= 15 is 0 Å². The van der Waals surface area contributed by atoms with Gasteiger partial charge in [0.2, 0.25) is 0 Å². The molecule has 0 radical (unpaired) electrons. The van der Waals surface area contributed by atoms with E-state index in [0.29, 0.717) is 0 Å². The molecular formula is C16H26ClN3. The zero-order valence-corrected chi connectivity index (χ0v) is 13.4. The minimum Gasteiger partial charge on any atom is -0.373 e. The molecule has 4 heteroatoms. The van der Waals surface area contributed by atoms with Gasteiger partial charge in [0.1, 0.15) is 0 Å². The van der Waals surface area contributed by atoms with Gasteiger partial charge in [-0.2, -0.15) is 0 Å². The Labute approximate surface area is 127 Å². The Balaban J connectivity index is 2.01. The third kappa shape index (κ3) is 4.37. The monoisotopic (exact) mass is 295 g/mol. The van der Waals surface area contributed by atoms with Crippen LogP contribution >= 0.6 is 11.6 Å². The highest BCUT2D eigenvalue weighted by Crippen LogP contribution is 2.24. The van der Waals surface area contributed by atoms with Crippen molar-refractivity contribution < 1.29 is 0 Å². The van der Waals surface area contributed by atoms with Crippen molar-refractivity contribution in [2.24, 2.45) is 5.73 Å². The van der Waals surface area contributed by atoms with Gasteiger partial charge in [-0.05, 0) is 63.0 Å². The van der Waals surface area contributed by atoms with Gasteiger partial charge in [-0.15, -0.1) is 0 Å². The lowest BCUT2D eigenvalue weighted by atomic mass is 10.0. The van der Waals surface area contributed by atoms with Crippen LogP contribution in [0.5, 0.6) is 0 Å². The highest BCUT2D eigenvalue weighted by atomic mass is 35.5. The SMILES string of the molecule is CC(N)Cc1cc(Cl)ccc1N(C)CCN1CCCC1. The molecule has 2 rings (SSSR count). The largest absolute Gasteiger partial charge is 0.373 e. The van der Waals surface area contributed by atoms with Crippen molar-refractivity contribution >= 4 is 17.3 Å². The van der Waals surface area contributed by atoms with Gasteiger partial charge in [-0.1, -0.05) is 11.6 Å². The van der Waals surface area contributed by atoms with Crippen LogP contribution in [0, 0.1) is 0 Å². The Morgan fingerprint density at radius 2 is 2.05 bits per heavy atom. The Morgan fingerprint density at radius 1 is 1.35 bits per heavy atom. The molecule has 112 valence electrons. The molecule has 1 saturated heterocycles. The van der Waals surface area contributed by atoms with Crippen LogP contribution in [0.1, 0.15) is 25.3 Å². The summed E-state index contributed by atoms with van der Waals surface area (Å²) in [6, 6.07) is 6.28. The highest BCUT2D eigenvalue weighted by molar-refractivity contribution is 6.30. The number of halogens is 1. The smallest absolute Gasteiger partial charge is 0.0410 e. The van der Waals surface area contributed by atoms with Crippen LogP contribution in [-0.4, -0.2) is 44.2 Å². The number of nitrogens with zero attached hydrogens (tertiary/aromatic N) is 2. The van der Waals surface area contributed by atoms with Crippen molar-refractivity contribution in [1.29, 1.82) is 0 Å². The van der Waals surface area contributed by atoms with E-state index in [1.807, 2.05) is 19.1 Å². The van der Waals surface area contributed by atoms with Crippen molar-refractivity contribution in [2.75, 3.05) is 38.1 Å². The fourth-order valence-corrected chi connectivity index (χ4v) is 3.05. The molecule has 1 fully saturated rings. The first-order valence-corrected chi connectivity index (χ1v) is 7.91. The summed E-state index contributed by atoms with van der Waals surface area (Å²) in [6.45, 7) is 6.72.